The van der Waals surface area contributed by atoms with Crippen LogP contribution < -0.4 is 20.7 Å². The first-order chi connectivity index (χ1) is 13.9. The van der Waals surface area contributed by atoms with Gasteiger partial charge in [-0.2, -0.15) is 0 Å². The Morgan fingerprint density at radius 3 is 2.62 bits per heavy atom. The lowest BCUT2D eigenvalue weighted by atomic mass is 9.92. The van der Waals surface area contributed by atoms with Crippen LogP contribution in [0, 0.1) is 6.92 Å². The number of unbranched alkanes of at least 4 members (excludes halogenated alkanes) is 1. The van der Waals surface area contributed by atoms with Gasteiger partial charge in [-0.25, -0.2) is 4.79 Å². The lowest BCUT2D eigenvalue weighted by Gasteiger charge is -2.21. The number of benzene rings is 2. The minimum absolute atomic E-state index is 0.109. The van der Waals surface area contributed by atoms with Crippen molar-refractivity contribution in [3.05, 3.63) is 59.7 Å². The van der Waals surface area contributed by atoms with E-state index < -0.39 is 17.5 Å². The maximum Gasteiger partial charge on any atom is 0.322 e. The van der Waals surface area contributed by atoms with E-state index in [2.05, 4.69) is 16.0 Å². The van der Waals surface area contributed by atoms with Crippen LogP contribution >= 0.6 is 0 Å². The third-order valence-electron chi connectivity index (χ3n) is 4.82. The average Bonchev–Trinajstić information content (AvgIpc) is 2.94. The van der Waals surface area contributed by atoms with Crippen LogP contribution in [0.1, 0.15) is 37.3 Å². The van der Waals surface area contributed by atoms with E-state index in [0.29, 0.717) is 30.7 Å². The molecule has 0 saturated carbocycles. The topological polar surface area (TPSA) is 96.5 Å². The van der Waals surface area contributed by atoms with Crippen LogP contribution in [0.3, 0.4) is 0 Å². The number of carbonyl (C=O) groups excluding carboxylic acids is 3. The number of hydrogen-bond acceptors (Lipinski definition) is 4. The van der Waals surface area contributed by atoms with Crippen LogP contribution in [-0.4, -0.2) is 24.5 Å². The zero-order chi connectivity index (χ0) is 20.9. The monoisotopic (exact) mass is 395 g/mol. The number of aryl methyl sites for hydroxylation is 1. The van der Waals surface area contributed by atoms with Crippen molar-refractivity contribution < 1.29 is 19.1 Å². The molecular weight excluding hydrogens is 370 g/mol. The fourth-order valence-electron chi connectivity index (χ4n) is 3.16. The van der Waals surface area contributed by atoms with Crippen LogP contribution in [0.5, 0.6) is 5.75 Å². The van der Waals surface area contributed by atoms with Gasteiger partial charge in [-0.1, -0.05) is 24.3 Å². The summed E-state index contributed by atoms with van der Waals surface area (Å²) in [5, 5.41) is 7.69. The molecule has 3 rings (SSSR count). The van der Waals surface area contributed by atoms with Crippen molar-refractivity contribution >= 4 is 23.5 Å². The summed E-state index contributed by atoms with van der Waals surface area (Å²) < 4.78 is 5.69. The Balaban J connectivity index is 1.46. The van der Waals surface area contributed by atoms with Gasteiger partial charge in [0.2, 0.25) is 5.91 Å². The fraction of sp³-hybridized carbons (Fsp3) is 0.318. The van der Waals surface area contributed by atoms with Crippen LogP contribution in [0.25, 0.3) is 0 Å². The second-order valence-corrected chi connectivity index (χ2v) is 7.28. The summed E-state index contributed by atoms with van der Waals surface area (Å²) in [5.41, 5.74) is 1.18. The van der Waals surface area contributed by atoms with E-state index in [9.17, 15) is 14.4 Å². The Bertz CT molecular complexity index is 928. The number of ether oxygens (including phenoxy) is 1. The largest absolute Gasteiger partial charge is 0.494 e. The highest BCUT2D eigenvalue weighted by atomic mass is 16.5. The first-order valence-electron chi connectivity index (χ1n) is 9.60. The highest BCUT2D eigenvalue weighted by Gasteiger charge is 2.43. The minimum atomic E-state index is -1.15. The molecule has 1 fully saturated rings. The van der Waals surface area contributed by atoms with Crippen molar-refractivity contribution in [1.82, 2.24) is 10.6 Å². The van der Waals surface area contributed by atoms with Crippen molar-refractivity contribution in [1.29, 1.82) is 0 Å². The Morgan fingerprint density at radius 2 is 1.90 bits per heavy atom. The number of nitrogens with one attached hydrogen (secondary N) is 3. The summed E-state index contributed by atoms with van der Waals surface area (Å²) in [7, 11) is 0. The highest BCUT2D eigenvalue weighted by molar-refractivity contribution is 6.07. The first-order valence-corrected chi connectivity index (χ1v) is 9.60. The molecular formula is C22H25N3O4. The Kier molecular flexibility index (Phi) is 6.16. The maximum atomic E-state index is 12.2. The Morgan fingerprint density at radius 1 is 1.10 bits per heavy atom. The molecule has 1 unspecified atom stereocenters. The molecule has 2 aromatic rings. The van der Waals surface area contributed by atoms with Gasteiger partial charge in [0.05, 0.1) is 6.61 Å². The van der Waals surface area contributed by atoms with E-state index >= 15 is 0 Å². The molecule has 0 aromatic heterocycles. The molecule has 1 aliphatic heterocycles. The summed E-state index contributed by atoms with van der Waals surface area (Å²) >= 11 is 0. The molecule has 0 aliphatic carbocycles. The molecule has 1 aliphatic rings. The van der Waals surface area contributed by atoms with Gasteiger partial charge < -0.3 is 15.4 Å². The third-order valence-corrected chi connectivity index (χ3v) is 4.82. The smallest absolute Gasteiger partial charge is 0.322 e. The normalized spacial score (nSPS) is 18.1. The van der Waals surface area contributed by atoms with E-state index in [1.807, 2.05) is 31.2 Å². The zero-order valence-corrected chi connectivity index (χ0v) is 16.6. The van der Waals surface area contributed by atoms with Crippen molar-refractivity contribution in [2.75, 3.05) is 11.9 Å². The molecule has 7 heteroatoms. The molecule has 152 valence electrons. The predicted molar refractivity (Wildman–Crippen MR) is 110 cm³/mol. The maximum absolute atomic E-state index is 12.2. The molecule has 4 amide bonds. The van der Waals surface area contributed by atoms with Crippen molar-refractivity contribution in [2.45, 2.75) is 38.6 Å². The summed E-state index contributed by atoms with van der Waals surface area (Å²) in [4.78, 5) is 35.7. The zero-order valence-electron chi connectivity index (χ0n) is 16.6. The van der Waals surface area contributed by atoms with Gasteiger partial charge >= 0.3 is 6.03 Å². The van der Waals surface area contributed by atoms with Crippen LogP contribution in [0.2, 0.25) is 0 Å². The predicted octanol–water partition coefficient (Wildman–Crippen LogP) is 3.24. The minimum Gasteiger partial charge on any atom is -0.494 e. The lowest BCUT2D eigenvalue weighted by Crippen LogP contribution is -2.40. The van der Waals surface area contributed by atoms with Crippen LogP contribution in [0.4, 0.5) is 10.5 Å². The van der Waals surface area contributed by atoms with Gasteiger partial charge in [0.25, 0.3) is 5.91 Å². The van der Waals surface area contributed by atoms with Gasteiger partial charge in [0.1, 0.15) is 11.3 Å². The number of imide groups is 1. The van der Waals surface area contributed by atoms with Crippen LogP contribution in [0.15, 0.2) is 48.5 Å². The van der Waals surface area contributed by atoms with Crippen molar-refractivity contribution in [2.24, 2.45) is 0 Å². The molecule has 1 heterocycles. The molecule has 1 saturated heterocycles. The third kappa shape index (κ3) is 5.13. The molecule has 0 bridgehead atoms. The van der Waals surface area contributed by atoms with Crippen LogP contribution in [-0.2, 0) is 15.1 Å². The number of amides is 4. The SMILES string of the molecule is Cc1cccc(OCCCCC(=O)Nc2cccc(C3(C)NC(=O)NC3=O)c2)c1. The quantitative estimate of drug-likeness (QED) is 0.472. The fourth-order valence-corrected chi connectivity index (χ4v) is 3.16. The molecule has 0 spiro atoms. The van der Waals surface area contributed by atoms with E-state index in [-0.39, 0.29) is 5.91 Å². The second-order valence-electron chi connectivity index (χ2n) is 7.28. The standard InChI is InChI=1S/C22H25N3O4/c1-15-7-5-10-18(13-15)29-12-4-3-11-19(26)23-17-9-6-8-16(14-17)22(2)20(27)24-21(28)25-22/h5-10,13-14H,3-4,11-12H2,1-2H3,(H,23,26)(H2,24,25,27,28). The van der Waals surface area contributed by atoms with E-state index in [0.717, 1.165) is 17.7 Å². The van der Waals surface area contributed by atoms with Gasteiger partial charge in [0, 0.05) is 12.1 Å². The van der Waals surface area contributed by atoms with Gasteiger partial charge in [0.15, 0.2) is 0 Å². The Hall–Kier alpha value is -3.35. The lowest BCUT2D eigenvalue weighted by molar-refractivity contribution is -0.123. The molecule has 0 radical (unpaired) electrons. The van der Waals surface area contributed by atoms with E-state index in [4.69, 9.17) is 4.74 Å². The number of urea groups is 1. The molecule has 3 N–H and O–H groups in total. The first kappa shape index (κ1) is 20.4. The van der Waals surface area contributed by atoms with Gasteiger partial charge in [-0.15, -0.1) is 0 Å². The Labute approximate surface area is 169 Å². The molecule has 7 nitrogen and oxygen atoms in total. The summed E-state index contributed by atoms with van der Waals surface area (Å²) in [6.45, 7) is 4.20. The number of anilines is 1. The van der Waals surface area contributed by atoms with E-state index in [1.165, 1.54) is 0 Å². The van der Waals surface area contributed by atoms with Crippen molar-refractivity contribution in [3.63, 3.8) is 0 Å². The summed E-state index contributed by atoms with van der Waals surface area (Å²) in [6, 6.07) is 14.3. The molecule has 1 atom stereocenters. The summed E-state index contributed by atoms with van der Waals surface area (Å²) in [6.07, 6.45) is 1.84. The average molecular weight is 395 g/mol. The second kappa shape index (κ2) is 8.77. The number of carbonyl (C=O) groups is 3. The molecule has 2 aromatic carbocycles. The number of rotatable bonds is 8. The molecule has 29 heavy (non-hydrogen) atoms. The number of hydrogen-bond donors (Lipinski definition) is 3. The van der Waals surface area contributed by atoms with E-state index in [1.54, 1.807) is 31.2 Å². The van der Waals surface area contributed by atoms with Gasteiger partial charge in [-0.3, -0.25) is 14.9 Å². The summed E-state index contributed by atoms with van der Waals surface area (Å²) in [5.74, 6) is 0.310. The van der Waals surface area contributed by atoms with Crippen molar-refractivity contribution in [3.8, 4) is 5.75 Å². The highest BCUT2D eigenvalue weighted by Crippen LogP contribution is 2.26. The van der Waals surface area contributed by atoms with Gasteiger partial charge in [-0.05, 0) is 62.1 Å².